The van der Waals surface area contributed by atoms with Crippen LogP contribution in [0.15, 0.2) is 60.7 Å². The molecule has 3 aromatic carbocycles. The maximum absolute atomic E-state index is 6.42. The van der Waals surface area contributed by atoms with Crippen molar-refractivity contribution in [2.45, 2.75) is 105 Å². The molecule has 0 aromatic heterocycles. The summed E-state index contributed by atoms with van der Waals surface area (Å²) in [7, 11) is 0. The van der Waals surface area contributed by atoms with Gasteiger partial charge in [0.2, 0.25) is 0 Å². The predicted octanol–water partition coefficient (Wildman–Crippen LogP) is 10.4. The fourth-order valence-corrected chi connectivity index (χ4v) is 6.06. The van der Waals surface area contributed by atoms with E-state index < -0.39 is 0 Å². The summed E-state index contributed by atoms with van der Waals surface area (Å²) in [6, 6.07) is 23.5. The van der Waals surface area contributed by atoms with Crippen LogP contribution in [0, 0.1) is 11.8 Å². The first-order chi connectivity index (χ1) is 18.5. The average Bonchev–Trinajstić information content (AvgIpc) is 2.97. The number of hydrogen-bond acceptors (Lipinski definition) is 1. The van der Waals surface area contributed by atoms with Crippen LogP contribution in [-0.4, -0.2) is 6.61 Å². The van der Waals surface area contributed by atoms with Crippen molar-refractivity contribution in [1.82, 2.24) is 0 Å². The normalized spacial score (nSPS) is 17.6. The summed E-state index contributed by atoms with van der Waals surface area (Å²) in [5.74, 6) is 3.46. The molecule has 1 saturated carbocycles. The van der Waals surface area contributed by atoms with Crippen molar-refractivity contribution in [2.24, 2.45) is 11.8 Å². The Bertz CT molecular complexity index is 1090. The molecule has 0 spiro atoms. The quantitative estimate of drug-likeness (QED) is 0.235. The van der Waals surface area contributed by atoms with Crippen LogP contribution in [0.4, 0.5) is 0 Å². The molecule has 0 N–H and O–H groups in total. The second-order valence-corrected chi connectivity index (χ2v) is 11.7. The summed E-state index contributed by atoms with van der Waals surface area (Å²) in [5.41, 5.74) is 9.70. The fraction of sp³-hybridized carbons (Fsp3) is 0.514. The smallest absolute Gasteiger partial charge is 0.125 e. The van der Waals surface area contributed by atoms with Gasteiger partial charge in [-0.25, -0.2) is 0 Å². The van der Waals surface area contributed by atoms with E-state index in [-0.39, 0.29) is 0 Å². The maximum atomic E-state index is 6.42. The second-order valence-electron chi connectivity index (χ2n) is 11.7. The Labute approximate surface area is 233 Å². The van der Waals surface area contributed by atoms with Gasteiger partial charge >= 0.3 is 0 Å². The molecule has 1 aliphatic carbocycles. The maximum Gasteiger partial charge on any atom is 0.125 e. The fourth-order valence-electron chi connectivity index (χ4n) is 6.06. The Morgan fingerprint density at radius 2 is 1.21 bits per heavy atom. The summed E-state index contributed by atoms with van der Waals surface area (Å²) >= 11 is 0. The van der Waals surface area contributed by atoms with E-state index in [0.717, 1.165) is 49.9 Å². The van der Waals surface area contributed by atoms with Crippen LogP contribution in [0.1, 0.15) is 107 Å². The van der Waals surface area contributed by atoms with Gasteiger partial charge in [0.15, 0.2) is 0 Å². The number of benzene rings is 3. The Hall–Kier alpha value is -2.54. The molecule has 0 bridgehead atoms. The summed E-state index contributed by atoms with van der Waals surface area (Å²) in [4.78, 5) is 0. The standard InChI is InChI=1S/C37H50O/c1-6-28(7-2)26-38-37-31(8-3)24-36(25-32(37)9-4)35-22-16-30(17-23-35)13-12-29-14-20-34(21-15-29)33-18-10-27(5)11-19-33/h14-17,20-25,27-28,33H,6-13,18-19,26H2,1-5H3. The number of aryl methyl sites for hydroxylation is 4. The van der Waals surface area contributed by atoms with E-state index in [4.69, 9.17) is 4.74 Å². The van der Waals surface area contributed by atoms with Crippen LogP contribution in [-0.2, 0) is 25.7 Å². The van der Waals surface area contributed by atoms with Crippen LogP contribution in [0.2, 0.25) is 0 Å². The van der Waals surface area contributed by atoms with E-state index >= 15 is 0 Å². The van der Waals surface area contributed by atoms with Gasteiger partial charge < -0.3 is 4.74 Å². The molecule has 0 aliphatic heterocycles. The Morgan fingerprint density at radius 3 is 1.71 bits per heavy atom. The monoisotopic (exact) mass is 510 g/mol. The zero-order chi connectivity index (χ0) is 26.9. The summed E-state index contributed by atoms with van der Waals surface area (Å²) in [5, 5.41) is 0. The molecular formula is C37H50O. The highest BCUT2D eigenvalue weighted by atomic mass is 16.5. The Balaban J connectivity index is 1.39. The molecule has 0 amide bonds. The summed E-state index contributed by atoms with van der Waals surface area (Å²) in [6.07, 6.45) is 12.0. The SMILES string of the molecule is CCc1cc(-c2ccc(CCc3ccc(C4CCC(C)CC4)cc3)cc2)cc(CC)c1OCC(CC)CC. The van der Waals surface area contributed by atoms with Crippen LogP contribution >= 0.6 is 0 Å². The van der Waals surface area contributed by atoms with Gasteiger partial charge in [0.1, 0.15) is 5.75 Å². The molecule has 1 nitrogen and oxygen atoms in total. The molecule has 0 saturated heterocycles. The van der Waals surface area contributed by atoms with Gasteiger partial charge in [0.25, 0.3) is 0 Å². The van der Waals surface area contributed by atoms with Gasteiger partial charge in [0, 0.05) is 0 Å². The number of rotatable bonds is 12. The topological polar surface area (TPSA) is 9.23 Å². The van der Waals surface area contributed by atoms with Crippen molar-refractivity contribution in [1.29, 1.82) is 0 Å². The molecule has 38 heavy (non-hydrogen) atoms. The highest BCUT2D eigenvalue weighted by molar-refractivity contribution is 5.68. The van der Waals surface area contributed by atoms with Crippen molar-refractivity contribution in [3.8, 4) is 16.9 Å². The van der Waals surface area contributed by atoms with Gasteiger partial charge in [-0.1, -0.05) is 109 Å². The lowest BCUT2D eigenvalue weighted by molar-refractivity contribution is 0.237. The van der Waals surface area contributed by atoms with Crippen molar-refractivity contribution >= 4 is 0 Å². The summed E-state index contributed by atoms with van der Waals surface area (Å²) in [6.45, 7) is 12.2. The predicted molar refractivity (Wildman–Crippen MR) is 164 cm³/mol. The molecule has 0 unspecified atom stereocenters. The van der Waals surface area contributed by atoms with Gasteiger partial charge in [-0.2, -0.15) is 0 Å². The van der Waals surface area contributed by atoms with Crippen LogP contribution in [0.5, 0.6) is 5.75 Å². The third-order valence-electron chi connectivity index (χ3n) is 9.08. The molecule has 204 valence electrons. The highest BCUT2D eigenvalue weighted by Gasteiger charge is 2.19. The lowest BCUT2D eigenvalue weighted by Gasteiger charge is -2.26. The largest absolute Gasteiger partial charge is 0.493 e. The minimum Gasteiger partial charge on any atom is -0.493 e. The molecule has 0 radical (unpaired) electrons. The van der Waals surface area contributed by atoms with E-state index in [0.29, 0.717) is 5.92 Å². The molecule has 0 atom stereocenters. The van der Waals surface area contributed by atoms with Crippen LogP contribution in [0.3, 0.4) is 0 Å². The number of hydrogen-bond donors (Lipinski definition) is 0. The van der Waals surface area contributed by atoms with E-state index in [2.05, 4.69) is 95.3 Å². The Morgan fingerprint density at radius 1 is 0.684 bits per heavy atom. The van der Waals surface area contributed by atoms with Crippen molar-refractivity contribution < 1.29 is 4.74 Å². The van der Waals surface area contributed by atoms with Gasteiger partial charge in [-0.3, -0.25) is 0 Å². The van der Waals surface area contributed by atoms with E-state index in [9.17, 15) is 0 Å². The third kappa shape index (κ3) is 7.31. The van der Waals surface area contributed by atoms with Crippen molar-refractivity contribution in [3.63, 3.8) is 0 Å². The van der Waals surface area contributed by atoms with Gasteiger partial charge in [-0.05, 0) is 107 Å². The van der Waals surface area contributed by atoms with E-state index in [1.807, 2.05) is 0 Å². The lowest BCUT2D eigenvalue weighted by atomic mass is 9.79. The van der Waals surface area contributed by atoms with Crippen molar-refractivity contribution in [2.75, 3.05) is 6.61 Å². The number of ether oxygens (including phenoxy) is 1. The van der Waals surface area contributed by atoms with Crippen LogP contribution < -0.4 is 4.74 Å². The zero-order valence-corrected chi connectivity index (χ0v) is 24.7. The molecule has 1 fully saturated rings. The highest BCUT2D eigenvalue weighted by Crippen LogP contribution is 2.36. The minimum atomic E-state index is 0.635. The molecule has 3 aromatic rings. The molecule has 0 heterocycles. The van der Waals surface area contributed by atoms with Gasteiger partial charge in [-0.15, -0.1) is 0 Å². The van der Waals surface area contributed by atoms with Crippen LogP contribution in [0.25, 0.3) is 11.1 Å². The second kappa shape index (κ2) is 14.0. The first-order valence-electron chi connectivity index (χ1n) is 15.5. The van der Waals surface area contributed by atoms with Crippen molar-refractivity contribution in [3.05, 3.63) is 88.5 Å². The Kier molecular flexibility index (Phi) is 10.5. The van der Waals surface area contributed by atoms with E-state index in [1.165, 1.54) is 71.9 Å². The molecule has 4 rings (SSSR count). The van der Waals surface area contributed by atoms with Gasteiger partial charge in [0.05, 0.1) is 6.61 Å². The minimum absolute atomic E-state index is 0.635. The molecule has 1 heteroatoms. The summed E-state index contributed by atoms with van der Waals surface area (Å²) < 4.78 is 6.42. The third-order valence-corrected chi connectivity index (χ3v) is 9.08. The lowest BCUT2D eigenvalue weighted by Crippen LogP contribution is -2.12. The first kappa shape index (κ1) is 28.5. The zero-order valence-electron chi connectivity index (χ0n) is 24.7. The first-order valence-corrected chi connectivity index (χ1v) is 15.5. The molecular weight excluding hydrogens is 460 g/mol. The average molecular weight is 511 g/mol. The van der Waals surface area contributed by atoms with E-state index in [1.54, 1.807) is 5.56 Å². The molecule has 1 aliphatic rings.